The summed E-state index contributed by atoms with van der Waals surface area (Å²) in [6.45, 7) is 5.50. The van der Waals surface area contributed by atoms with Crippen LogP contribution in [0.2, 0.25) is 5.02 Å². The maximum Gasteiger partial charge on any atom is 0.137 e. The minimum absolute atomic E-state index is 0.0516. The van der Waals surface area contributed by atoms with E-state index in [1.54, 1.807) is 11.6 Å². The summed E-state index contributed by atoms with van der Waals surface area (Å²) in [6, 6.07) is 6.16. The minimum Gasteiger partial charge on any atom is -0.381 e. The van der Waals surface area contributed by atoms with Gasteiger partial charge in [-0.3, -0.25) is 4.68 Å². The van der Waals surface area contributed by atoms with E-state index in [2.05, 4.69) is 10.1 Å². The number of hydrogen-bond donors (Lipinski definition) is 1. The van der Waals surface area contributed by atoms with Crippen LogP contribution in [0, 0.1) is 18.6 Å². The van der Waals surface area contributed by atoms with Crippen molar-refractivity contribution in [1.82, 2.24) is 24.5 Å². The highest BCUT2D eigenvalue weighted by atomic mass is 35.5. The van der Waals surface area contributed by atoms with Crippen LogP contribution in [-0.2, 0) is 18.6 Å². The lowest BCUT2D eigenvalue weighted by Gasteiger charge is -2.35. The Bertz CT molecular complexity index is 1240. The number of fused-ring (bicyclic) bond motifs is 1. The fourth-order valence-corrected chi connectivity index (χ4v) is 4.09. The van der Waals surface area contributed by atoms with Crippen LogP contribution >= 0.6 is 11.6 Å². The van der Waals surface area contributed by atoms with Crippen molar-refractivity contribution < 1.29 is 13.9 Å². The predicted octanol–water partition coefficient (Wildman–Crippen LogP) is 4.58. The van der Waals surface area contributed by atoms with Crippen LogP contribution in [0.15, 0.2) is 43.0 Å². The van der Waals surface area contributed by atoms with Crippen molar-refractivity contribution in [3.63, 3.8) is 0 Å². The van der Waals surface area contributed by atoms with E-state index in [0.29, 0.717) is 11.4 Å². The molecule has 0 aliphatic heterocycles. The van der Waals surface area contributed by atoms with Gasteiger partial charge in [-0.25, -0.2) is 18.4 Å². The molecule has 0 aliphatic carbocycles. The van der Waals surface area contributed by atoms with E-state index in [4.69, 9.17) is 16.7 Å². The number of rotatable bonds is 6. The summed E-state index contributed by atoms with van der Waals surface area (Å²) in [7, 11) is 0. The molecule has 0 amide bonds. The second kappa shape index (κ2) is 8.01. The van der Waals surface area contributed by atoms with Crippen LogP contribution in [0.3, 0.4) is 0 Å². The van der Waals surface area contributed by atoms with E-state index in [0.717, 1.165) is 34.3 Å². The Hall–Kier alpha value is -2.84. The molecule has 0 spiro atoms. The molecule has 1 N–H and O–H groups in total. The van der Waals surface area contributed by atoms with Crippen molar-refractivity contribution in [1.29, 1.82) is 0 Å². The summed E-state index contributed by atoms with van der Waals surface area (Å²) < 4.78 is 31.5. The third-order valence-corrected chi connectivity index (χ3v) is 6.13. The van der Waals surface area contributed by atoms with Crippen LogP contribution in [0.25, 0.3) is 10.9 Å². The standard InChI is InChI=1S/C22H22ClF2N5O/c1-4-20-16-9-18(23)13(2)7-21(16)30(28-20)14(3)22(31,10-29-12-26-11-27-29)17-6-5-15(24)8-19(17)25/h5-9,11-12,14,31H,4,10H2,1-3H3/t14-,22-/m1/s1. The van der Waals surface area contributed by atoms with Crippen LogP contribution in [-0.4, -0.2) is 29.7 Å². The summed E-state index contributed by atoms with van der Waals surface area (Å²) in [4.78, 5) is 3.91. The van der Waals surface area contributed by atoms with Gasteiger partial charge in [-0.05, 0) is 44.0 Å². The molecule has 0 saturated heterocycles. The minimum atomic E-state index is -1.80. The van der Waals surface area contributed by atoms with Gasteiger partial charge in [-0.15, -0.1) is 0 Å². The number of aryl methyl sites for hydroxylation is 2. The molecule has 4 rings (SSSR count). The van der Waals surface area contributed by atoms with E-state index < -0.39 is 23.3 Å². The Morgan fingerprint density at radius 2 is 2.00 bits per heavy atom. The number of halogens is 3. The third-order valence-electron chi connectivity index (χ3n) is 5.72. The lowest BCUT2D eigenvalue weighted by molar-refractivity contribution is -0.0355. The smallest absolute Gasteiger partial charge is 0.137 e. The topological polar surface area (TPSA) is 68.8 Å². The highest BCUT2D eigenvalue weighted by Crippen LogP contribution is 2.39. The van der Waals surface area contributed by atoms with E-state index in [-0.39, 0.29) is 12.1 Å². The maximum atomic E-state index is 14.9. The largest absolute Gasteiger partial charge is 0.381 e. The Morgan fingerprint density at radius 3 is 2.65 bits per heavy atom. The molecule has 6 nitrogen and oxygen atoms in total. The third kappa shape index (κ3) is 3.70. The highest BCUT2D eigenvalue weighted by molar-refractivity contribution is 6.32. The zero-order valence-electron chi connectivity index (χ0n) is 17.4. The molecule has 2 heterocycles. The number of aromatic nitrogens is 5. The zero-order chi connectivity index (χ0) is 22.3. The Morgan fingerprint density at radius 1 is 1.23 bits per heavy atom. The van der Waals surface area contributed by atoms with Gasteiger partial charge in [-0.1, -0.05) is 24.6 Å². The first-order chi connectivity index (χ1) is 14.7. The van der Waals surface area contributed by atoms with Gasteiger partial charge in [0.15, 0.2) is 0 Å². The number of aliphatic hydroxyl groups is 1. The summed E-state index contributed by atoms with van der Waals surface area (Å²) in [6.07, 6.45) is 3.42. The lowest BCUT2D eigenvalue weighted by atomic mass is 9.86. The fraction of sp³-hybridized carbons (Fsp3) is 0.318. The van der Waals surface area contributed by atoms with Gasteiger partial charge in [0.05, 0.1) is 23.8 Å². The van der Waals surface area contributed by atoms with Crippen molar-refractivity contribution >= 4 is 22.5 Å². The summed E-state index contributed by atoms with van der Waals surface area (Å²) in [5.41, 5.74) is 0.586. The normalized spacial score (nSPS) is 14.7. The van der Waals surface area contributed by atoms with Crippen molar-refractivity contribution in [2.45, 2.75) is 45.4 Å². The second-order valence-electron chi connectivity index (χ2n) is 7.68. The molecule has 2 aromatic heterocycles. The molecule has 0 bridgehead atoms. The molecule has 0 saturated carbocycles. The van der Waals surface area contributed by atoms with Crippen molar-refractivity contribution in [3.8, 4) is 0 Å². The monoisotopic (exact) mass is 445 g/mol. The number of nitrogens with zero attached hydrogens (tertiary/aromatic N) is 5. The molecule has 0 radical (unpaired) electrons. The second-order valence-corrected chi connectivity index (χ2v) is 8.09. The van der Waals surface area contributed by atoms with E-state index in [1.165, 1.54) is 23.4 Å². The van der Waals surface area contributed by atoms with Gasteiger partial charge >= 0.3 is 0 Å². The van der Waals surface area contributed by atoms with Gasteiger partial charge in [0.2, 0.25) is 0 Å². The molecule has 31 heavy (non-hydrogen) atoms. The van der Waals surface area contributed by atoms with E-state index in [1.807, 2.05) is 26.0 Å². The molecule has 0 aliphatic rings. The van der Waals surface area contributed by atoms with Gasteiger partial charge in [-0.2, -0.15) is 10.2 Å². The molecular formula is C22H22ClF2N5O. The first kappa shape index (κ1) is 21.4. The van der Waals surface area contributed by atoms with Gasteiger partial charge in [0.1, 0.15) is 29.9 Å². The van der Waals surface area contributed by atoms with Gasteiger partial charge in [0.25, 0.3) is 0 Å². The molecule has 2 atom stereocenters. The van der Waals surface area contributed by atoms with E-state index in [9.17, 15) is 13.9 Å². The zero-order valence-corrected chi connectivity index (χ0v) is 18.1. The average molecular weight is 446 g/mol. The van der Waals surface area contributed by atoms with Gasteiger partial charge < -0.3 is 5.11 Å². The molecule has 162 valence electrons. The molecule has 4 aromatic rings. The fourth-order valence-electron chi connectivity index (χ4n) is 3.93. The summed E-state index contributed by atoms with van der Waals surface area (Å²) in [5.74, 6) is -1.57. The Balaban J connectivity index is 1.92. The Labute approximate surface area is 183 Å². The maximum absolute atomic E-state index is 14.9. The molecular weight excluding hydrogens is 424 g/mol. The van der Waals surface area contributed by atoms with Crippen LogP contribution in [0.5, 0.6) is 0 Å². The van der Waals surface area contributed by atoms with Crippen LogP contribution in [0.4, 0.5) is 8.78 Å². The van der Waals surface area contributed by atoms with E-state index >= 15 is 0 Å². The van der Waals surface area contributed by atoms with Crippen molar-refractivity contribution in [2.75, 3.05) is 0 Å². The van der Waals surface area contributed by atoms with Crippen molar-refractivity contribution in [2.24, 2.45) is 0 Å². The lowest BCUT2D eigenvalue weighted by Crippen LogP contribution is -2.41. The average Bonchev–Trinajstić information content (AvgIpc) is 3.35. The SMILES string of the molecule is CCc1nn([C@H](C)[C@](O)(Cn2cncn2)c2ccc(F)cc2F)c2cc(C)c(Cl)cc12. The highest BCUT2D eigenvalue weighted by Gasteiger charge is 2.41. The first-order valence-corrected chi connectivity index (χ1v) is 10.3. The van der Waals surface area contributed by atoms with Crippen molar-refractivity contribution in [3.05, 3.63) is 76.5 Å². The first-order valence-electron chi connectivity index (χ1n) is 9.92. The summed E-state index contributed by atoms with van der Waals surface area (Å²) >= 11 is 6.33. The molecule has 0 fully saturated rings. The quantitative estimate of drug-likeness (QED) is 0.471. The number of benzene rings is 2. The molecule has 2 aromatic carbocycles. The molecule has 0 unspecified atom stereocenters. The summed E-state index contributed by atoms with van der Waals surface area (Å²) in [5, 5.41) is 22.1. The van der Waals surface area contributed by atoms with Crippen LogP contribution in [0.1, 0.15) is 36.7 Å². The van der Waals surface area contributed by atoms with Gasteiger partial charge in [0, 0.05) is 22.0 Å². The molecule has 9 heteroatoms. The number of hydrogen-bond acceptors (Lipinski definition) is 4. The predicted molar refractivity (Wildman–Crippen MR) is 114 cm³/mol. The van der Waals surface area contributed by atoms with Crippen LogP contribution < -0.4 is 0 Å². The Kier molecular flexibility index (Phi) is 5.53.